The highest BCUT2D eigenvalue weighted by molar-refractivity contribution is 5.90. The molecular weight excluding hydrogens is 182 g/mol. The molecule has 1 amide bonds. The van der Waals surface area contributed by atoms with Gasteiger partial charge in [-0.05, 0) is 19.4 Å². The molecule has 0 saturated heterocycles. The van der Waals surface area contributed by atoms with E-state index < -0.39 is 12.0 Å². The molecule has 2 N–H and O–H groups in total. The Hall–Kier alpha value is -1.32. The molecule has 0 heterocycles. The van der Waals surface area contributed by atoms with E-state index in [2.05, 4.69) is 5.32 Å². The minimum absolute atomic E-state index is 0.351. The molecule has 0 radical (unpaired) electrons. The first-order chi connectivity index (χ1) is 6.61. The van der Waals surface area contributed by atoms with Gasteiger partial charge in [0.05, 0.1) is 0 Å². The van der Waals surface area contributed by atoms with Crippen LogP contribution in [0.1, 0.15) is 33.1 Å². The van der Waals surface area contributed by atoms with E-state index in [-0.39, 0.29) is 5.91 Å². The third-order valence-corrected chi connectivity index (χ3v) is 1.78. The van der Waals surface area contributed by atoms with Crippen LogP contribution in [0.5, 0.6) is 0 Å². The van der Waals surface area contributed by atoms with Crippen molar-refractivity contribution in [3.05, 3.63) is 12.2 Å². The van der Waals surface area contributed by atoms with Gasteiger partial charge in [0.15, 0.2) is 0 Å². The van der Waals surface area contributed by atoms with Gasteiger partial charge in [0, 0.05) is 0 Å². The Kier molecular flexibility index (Phi) is 6.45. The number of aliphatic carboxylic acids is 1. The molecule has 0 aliphatic carbocycles. The molecule has 4 nitrogen and oxygen atoms in total. The molecule has 0 spiro atoms. The van der Waals surface area contributed by atoms with Crippen molar-refractivity contribution in [2.45, 2.75) is 39.2 Å². The average molecular weight is 199 g/mol. The number of carbonyl (C=O) groups excluding carboxylic acids is 1. The van der Waals surface area contributed by atoms with Gasteiger partial charge in [0.2, 0.25) is 5.91 Å². The van der Waals surface area contributed by atoms with Gasteiger partial charge in [-0.15, -0.1) is 0 Å². The van der Waals surface area contributed by atoms with Crippen molar-refractivity contribution >= 4 is 11.9 Å². The van der Waals surface area contributed by atoms with E-state index in [4.69, 9.17) is 5.11 Å². The predicted octanol–water partition coefficient (Wildman–Crippen LogP) is 1.32. The van der Waals surface area contributed by atoms with Crippen LogP contribution in [0, 0.1) is 0 Å². The third-order valence-electron chi connectivity index (χ3n) is 1.78. The summed E-state index contributed by atoms with van der Waals surface area (Å²) in [6, 6.07) is -0.765. The Morgan fingerprint density at radius 1 is 1.50 bits per heavy atom. The highest BCUT2D eigenvalue weighted by atomic mass is 16.4. The second-order valence-electron chi connectivity index (χ2n) is 3.04. The van der Waals surface area contributed by atoms with Gasteiger partial charge in [-0.2, -0.15) is 0 Å². The molecule has 0 saturated carbocycles. The van der Waals surface area contributed by atoms with Crippen LogP contribution in [-0.4, -0.2) is 23.0 Å². The largest absolute Gasteiger partial charge is 0.480 e. The zero-order chi connectivity index (χ0) is 11.0. The van der Waals surface area contributed by atoms with Gasteiger partial charge in [-0.25, -0.2) is 4.79 Å². The van der Waals surface area contributed by atoms with Gasteiger partial charge in [0.25, 0.3) is 0 Å². The monoisotopic (exact) mass is 199 g/mol. The number of hydrogen-bond acceptors (Lipinski definition) is 2. The SMILES string of the molecule is C/C=C/C(=O)NC(CCCC)C(=O)O. The number of amides is 1. The van der Waals surface area contributed by atoms with Crippen LogP contribution in [0.15, 0.2) is 12.2 Å². The maximum Gasteiger partial charge on any atom is 0.326 e. The lowest BCUT2D eigenvalue weighted by Crippen LogP contribution is -2.39. The first-order valence-electron chi connectivity index (χ1n) is 4.77. The molecule has 1 unspecified atom stereocenters. The maximum atomic E-state index is 11.1. The first kappa shape index (κ1) is 12.7. The lowest BCUT2D eigenvalue weighted by molar-refractivity contribution is -0.141. The third kappa shape index (κ3) is 5.35. The number of nitrogens with one attached hydrogen (secondary N) is 1. The molecule has 0 fully saturated rings. The Labute approximate surface area is 84.0 Å². The lowest BCUT2D eigenvalue weighted by atomic mass is 10.1. The van der Waals surface area contributed by atoms with Gasteiger partial charge in [0.1, 0.15) is 6.04 Å². The van der Waals surface area contributed by atoms with E-state index >= 15 is 0 Å². The molecule has 14 heavy (non-hydrogen) atoms. The number of carboxylic acid groups (broad SMARTS) is 1. The van der Waals surface area contributed by atoms with E-state index in [1.807, 2.05) is 6.92 Å². The number of rotatable bonds is 6. The van der Waals surface area contributed by atoms with Crippen LogP contribution in [0.4, 0.5) is 0 Å². The second kappa shape index (κ2) is 7.12. The second-order valence-corrected chi connectivity index (χ2v) is 3.04. The van der Waals surface area contributed by atoms with Crippen molar-refractivity contribution in [3.8, 4) is 0 Å². The summed E-state index contributed by atoms with van der Waals surface area (Å²) in [5, 5.41) is 11.2. The molecule has 0 rings (SSSR count). The molecule has 0 aliphatic rings. The molecule has 0 aliphatic heterocycles. The van der Waals surface area contributed by atoms with E-state index in [1.165, 1.54) is 6.08 Å². The standard InChI is InChI=1S/C10H17NO3/c1-3-5-7-8(10(13)14)11-9(12)6-4-2/h4,6,8H,3,5,7H2,1-2H3,(H,11,12)(H,13,14)/b6-4+. The maximum absolute atomic E-state index is 11.1. The van der Waals surface area contributed by atoms with Crippen molar-refractivity contribution in [2.75, 3.05) is 0 Å². The number of allylic oxidation sites excluding steroid dienone is 1. The molecule has 80 valence electrons. The van der Waals surface area contributed by atoms with Crippen LogP contribution in [-0.2, 0) is 9.59 Å². The fraction of sp³-hybridized carbons (Fsp3) is 0.600. The molecule has 4 heteroatoms. The molecule has 0 bridgehead atoms. The lowest BCUT2D eigenvalue weighted by Gasteiger charge is -2.12. The smallest absolute Gasteiger partial charge is 0.326 e. The Bertz CT molecular complexity index is 223. The van der Waals surface area contributed by atoms with Crippen molar-refractivity contribution < 1.29 is 14.7 Å². The molecule has 1 atom stereocenters. The summed E-state index contributed by atoms with van der Waals surface area (Å²) in [7, 11) is 0. The number of carbonyl (C=O) groups is 2. The van der Waals surface area contributed by atoms with E-state index in [0.717, 1.165) is 12.8 Å². The van der Waals surface area contributed by atoms with Gasteiger partial charge in [-0.3, -0.25) is 4.79 Å². The molecule has 0 aromatic rings. The van der Waals surface area contributed by atoms with E-state index in [9.17, 15) is 9.59 Å². The Balaban J connectivity index is 4.08. The van der Waals surface area contributed by atoms with Crippen molar-refractivity contribution in [1.82, 2.24) is 5.32 Å². The van der Waals surface area contributed by atoms with Crippen LogP contribution >= 0.6 is 0 Å². The highest BCUT2D eigenvalue weighted by Gasteiger charge is 2.17. The number of unbranched alkanes of at least 4 members (excludes halogenated alkanes) is 1. The van der Waals surface area contributed by atoms with Crippen LogP contribution < -0.4 is 5.32 Å². The van der Waals surface area contributed by atoms with Gasteiger partial charge >= 0.3 is 5.97 Å². The molecular formula is C10H17NO3. The van der Waals surface area contributed by atoms with Crippen molar-refractivity contribution in [2.24, 2.45) is 0 Å². The summed E-state index contributed by atoms with van der Waals surface area (Å²) in [4.78, 5) is 21.8. The highest BCUT2D eigenvalue weighted by Crippen LogP contribution is 2.00. The summed E-state index contributed by atoms with van der Waals surface area (Å²) < 4.78 is 0. The summed E-state index contributed by atoms with van der Waals surface area (Å²) in [6.45, 7) is 3.69. The molecule has 0 aromatic heterocycles. The predicted molar refractivity (Wildman–Crippen MR) is 53.9 cm³/mol. The average Bonchev–Trinajstić information content (AvgIpc) is 2.12. The fourth-order valence-electron chi connectivity index (χ4n) is 1.04. The Morgan fingerprint density at radius 3 is 2.57 bits per heavy atom. The van der Waals surface area contributed by atoms with E-state index in [1.54, 1.807) is 13.0 Å². The van der Waals surface area contributed by atoms with Gasteiger partial charge in [-0.1, -0.05) is 25.8 Å². The minimum Gasteiger partial charge on any atom is -0.480 e. The first-order valence-corrected chi connectivity index (χ1v) is 4.77. The van der Waals surface area contributed by atoms with Crippen molar-refractivity contribution in [3.63, 3.8) is 0 Å². The van der Waals surface area contributed by atoms with Crippen LogP contribution in [0.25, 0.3) is 0 Å². The topological polar surface area (TPSA) is 66.4 Å². The zero-order valence-electron chi connectivity index (χ0n) is 8.62. The summed E-state index contributed by atoms with van der Waals surface area (Å²) in [5.41, 5.74) is 0. The number of carboxylic acids is 1. The summed E-state index contributed by atoms with van der Waals surface area (Å²) in [6.07, 6.45) is 5.10. The summed E-state index contributed by atoms with van der Waals surface area (Å²) >= 11 is 0. The summed E-state index contributed by atoms with van der Waals surface area (Å²) in [5.74, 6) is -1.33. The van der Waals surface area contributed by atoms with E-state index in [0.29, 0.717) is 6.42 Å². The Morgan fingerprint density at radius 2 is 2.14 bits per heavy atom. The minimum atomic E-state index is -0.976. The van der Waals surface area contributed by atoms with Crippen molar-refractivity contribution in [1.29, 1.82) is 0 Å². The number of hydrogen-bond donors (Lipinski definition) is 2. The van der Waals surface area contributed by atoms with Crippen LogP contribution in [0.2, 0.25) is 0 Å². The molecule has 0 aromatic carbocycles. The van der Waals surface area contributed by atoms with Gasteiger partial charge < -0.3 is 10.4 Å². The fourth-order valence-corrected chi connectivity index (χ4v) is 1.04. The quantitative estimate of drug-likeness (QED) is 0.634. The zero-order valence-corrected chi connectivity index (χ0v) is 8.62. The normalized spacial score (nSPS) is 12.7. The van der Waals surface area contributed by atoms with Crippen LogP contribution in [0.3, 0.4) is 0 Å².